The number of hydrogen-bond donors (Lipinski definition) is 0. The Morgan fingerprint density at radius 3 is 1.95 bits per heavy atom. The van der Waals surface area contributed by atoms with E-state index in [1.165, 1.54) is 32.1 Å². The molecular weight excluding hydrogens is 280 g/mol. The molecule has 1 atom stereocenters. The van der Waals surface area contributed by atoms with E-state index < -0.39 is 17.9 Å². The first-order valence-electron chi connectivity index (χ1n) is 8.93. The minimum absolute atomic E-state index is 0.299. The summed E-state index contributed by atoms with van der Waals surface area (Å²) in [5, 5.41) is 0. The van der Waals surface area contributed by atoms with Gasteiger partial charge in [0, 0.05) is 0 Å². The number of esters is 2. The van der Waals surface area contributed by atoms with E-state index >= 15 is 0 Å². The average molecular weight is 312 g/mol. The second-order valence-electron chi connectivity index (χ2n) is 6.36. The lowest BCUT2D eigenvalue weighted by Crippen LogP contribution is -2.28. The zero-order chi connectivity index (χ0) is 16.4. The number of ether oxygens (including phenoxy) is 2. The Morgan fingerprint density at radius 1 is 0.955 bits per heavy atom. The van der Waals surface area contributed by atoms with Crippen molar-refractivity contribution in [3.05, 3.63) is 0 Å². The summed E-state index contributed by atoms with van der Waals surface area (Å²) in [5.74, 6) is 0.00770. The van der Waals surface area contributed by atoms with Gasteiger partial charge in [-0.05, 0) is 32.1 Å². The van der Waals surface area contributed by atoms with Gasteiger partial charge in [0.05, 0.1) is 13.2 Å². The lowest BCUT2D eigenvalue weighted by molar-refractivity contribution is -0.161. The molecule has 1 unspecified atom stereocenters. The van der Waals surface area contributed by atoms with Gasteiger partial charge in [-0.1, -0.05) is 51.9 Å². The molecule has 4 nitrogen and oxygen atoms in total. The van der Waals surface area contributed by atoms with Gasteiger partial charge in [0.2, 0.25) is 0 Å². The van der Waals surface area contributed by atoms with Crippen LogP contribution in [0.3, 0.4) is 0 Å². The first kappa shape index (κ1) is 19.0. The molecule has 0 aliphatic heterocycles. The number of hydrogen-bond acceptors (Lipinski definition) is 4. The van der Waals surface area contributed by atoms with Crippen molar-refractivity contribution in [1.82, 2.24) is 0 Å². The van der Waals surface area contributed by atoms with Gasteiger partial charge in [0.25, 0.3) is 0 Å². The normalized spacial score (nSPS) is 16.7. The maximum absolute atomic E-state index is 11.9. The molecule has 0 radical (unpaired) electrons. The van der Waals surface area contributed by atoms with Crippen LogP contribution >= 0.6 is 0 Å². The molecule has 128 valence electrons. The maximum atomic E-state index is 11.9. The van der Waals surface area contributed by atoms with Crippen LogP contribution in [0.25, 0.3) is 0 Å². The largest absolute Gasteiger partial charge is 0.465 e. The number of carbonyl (C=O) groups excluding carboxylic acids is 2. The summed E-state index contributed by atoms with van der Waals surface area (Å²) in [6.45, 7) is 6.44. The quantitative estimate of drug-likeness (QED) is 0.346. The summed E-state index contributed by atoms with van der Waals surface area (Å²) in [4.78, 5) is 23.7. The molecule has 1 rings (SSSR count). The monoisotopic (exact) mass is 312 g/mol. The molecule has 0 aromatic rings. The van der Waals surface area contributed by atoms with Gasteiger partial charge in [0.15, 0.2) is 5.92 Å². The Kier molecular flexibility index (Phi) is 9.17. The second-order valence-corrected chi connectivity index (χ2v) is 6.36. The zero-order valence-corrected chi connectivity index (χ0v) is 14.4. The van der Waals surface area contributed by atoms with Crippen molar-refractivity contribution in [2.45, 2.75) is 72.1 Å². The third-order valence-electron chi connectivity index (χ3n) is 4.75. The highest BCUT2D eigenvalue weighted by atomic mass is 16.6. The van der Waals surface area contributed by atoms with E-state index in [1.54, 1.807) is 13.8 Å². The van der Waals surface area contributed by atoms with Crippen LogP contribution in [0.1, 0.15) is 72.1 Å². The Labute approximate surface area is 134 Å². The van der Waals surface area contributed by atoms with Crippen molar-refractivity contribution in [2.24, 2.45) is 17.8 Å². The number of rotatable bonds is 10. The van der Waals surface area contributed by atoms with E-state index in [9.17, 15) is 9.59 Å². The lowest BCUT2D eigenvalue weighted by Gasteiger charge is -2.19. The Bertz CT molecular complexity index is 316. The van der Waals surface area contributed by atoms with Crippen molar-refractivity contribution in [1.29, 1.82) is 0 Å². The molecule has 0 spiro atoms. The summed E-state index contributed by atoms with van der Waals surface area (Å²) >= 11 is 0. The minimum Gasteiger partial charge on any atom is -0.465 e. The molecule has 4 heteroatoms. The van der Waals surface area contributed by atoms with Gasteiger partial charge in [-0.3, -0.25) is 9.59 Å². The fourth-order valence-corrected chi connectivity index (χ4v) is 3.39. The molecule has 0 amide bonds. The highest BCUT2D eigenvalue weighted by Crippen LogP contribution is 2.33. The highest BCUT2D eigenvalue weighted by Gasteiger charge is 2.29. The molecule has 0 aromatic carbocycles. The predicted molar refractivity (Wildman–Crippen MR) is 86.3 cm³/mol. The van der Waals surface area contributed by atoms with E-state index in [-0.39, 0.29) is 0 Å². The minimum atomic E-state index is -0.748. The van der Waals surface area contributed by atoms with Gasteiger partial charge in [-0.2, -0.15) is 0 Å². The van der Waals surface area contributed by atoms with Crippen LogP contribution in [0.15, 0.2) is 0 Å². The van der Waals surface area contributed by atoms with Crippen LogP contribution < -0.4 is 0 Å². The maximum Gasteiger partial charge on any atom is 0.320 e. The molecule has 22 heavy (non-hydrogen) atoms. The summed E-state index contributed by atoms with van der Waals surface area (Å²) in [6.07, 6.45) is 9.15. The Hall–Kier alpha value is -1.06. The van der Waals surface area contributed by atoms with Crippen LogP contribution in [0.4, 0.5) is 0 Å². The van der Waals surface area contributed by atoms with Crippen LogP contribution in [-0.2, 0) is 19.1 Å². The van der Waals surface area contributed by atoms with Crippen molar-refractivity contribution in [3.8, 4) is 0 Å². The summed E-state index contributed by atoms with van der Waals surface area (Å²) in [6, 6.07) is 0. The SMILES string of the molecule is CCOC(=O)C(CCCCC(C)C1CCCC1)C(=O)OCC. The standard InChI is InChI=1S/C18H32O4/c1-4-21-17(19)16(18(20)22-5-2)13-9-6-10-14(3)15-11-7-8-12-15/h14-16H,4-13H2,1-3H3. The van der Waals surface area contributed by atoms with E-state index in [2.05, 4.69) is 6.92 Å². The van der Waals surface area contributed by atoms with Crippen molar-refractivity contribution >= 4 is 11.9 Å². The topological polar surface area (TPSA) is 52.6 Å². The first-order valence-corrected chi connectivity index (χ1v) is 8.93. The molecular formula is C18H32O4. The van der Waals surface area contributed by atoms with Gasteiger partial charge in [0.1, 0.15) is 0 Å². The fourth-order valence-electron chi connectivity index (χ4n) is 3.39. The van der Waals surface area contributed by atoms with Gasteiger partial charge in [-0.15, -0.1) is 0 Å². The third-order valence-corrected chi connectivity index (χ3v) is 4.75. The highest BCUT2D eigenvalue weighted by molar-refractivity contribution is 5.94. The first-order chi connectivity index (χ1) is 10.6. The van der Waals surface area contributed by atoms with Crippen molar-refractivity contribution in [2.75, 3.05) is 13.2 Å². The zero-order valence-electron chi connectivity index (χ0n) is 14.4. The van der Waals surface area contributed by atoms with Crippen molar-refractivity contribution in [3.63, 3.8) is 0 Å². The van der Waals surface area contributed by atoms with Crippen LogP contribution in [0, 0.1) is 17.8 Å². The molecule has 0 aromatic heterocycles. The molecule has 1 saturated carbocycles. The number of carbonyl (C=O) groups is 2. The molecule has 1 fully saturated rings. The molecule has 1 aliphatic carbocycles. The average Bonchev–Trinajstić information content (AvgIpc) is 3.01. The van der Waals surface area contributed by atoms with Gasteiger partial charge in [-0.25, -0.2) is 0 Å². The van der Waals surface area contributed by atoms with E-state index in [1.807, 2.05) is 0 Å². The third kappa shape index (κ3) is 6.37. The molecule has 0 saturated heterocycles. The summed E-state index contributed by atoms with van der Waals surface area (Å²) in [5.41, 5.74) is 0. The van der Waals surface area contributed by atoms with E-state index in [4.69, 9.17) is 9.47 Å². The lowest BCUT2D eigenvalue weighted by atomic mass is 9.87. The van der Waals surface area contributed by atoms with Crippen LogP contribution in [0.2, 0.25) is 0 Å². The van der Waals surface area contributed by atoms with Gasteiger partial charge < -0.3 is 9.47 Å². The Balaban J connectivity index is 2.32. The smallest absolute Gasteiger partial charge is 0.320 e. The number of unbranched alkanes of at least 4 members (excludes halogenated alkanes) is 1. The molecule has 0 bridgehead atoms. The Morgan fingerprint density at radius 2 is 1.45 bits per heavy atom. The summed E-state index contributed by atoms with van der Waals surface area (Å²) < 4.78 is 9.98. The second kappa shape index (κ2) is 10.6. The molecule has 0 heterocycles. The van der Waals surface area contributed by atoms with Crippen molar-refractivity contribution < 1.29 is 19.1 Å². The van der Waals surface area contributed by atoms with Gasteiger partial charge >= 0.3 is 11.9 Å². The molecule has 1 aliphatic rings. The predicted octanol–water partition coefficient (Wildman–Crippen LogP) is 4.12. The van der Waals surface area contributed by atoms with Crippen LogP contribution in [-0.4, -0.2) is 25.2 Å². The van der Waals surface area contributed by atoms with E-state index in [0.717, 1.165) is 24.7 Å². The molecule has 0 N–H and O–H groups in total. The van der Waals surface area contributed by atoms with Crippen LogP contribution in [0.5, 0.6) is 0 Å². The van der Waals surface area contributed by atoms with E-state index in [0.29, 0.717) is 19.6 Å². The summed E-state index contributed by atoms with van der Waals surface area (Å²) in [7, 11) is 0. The fraction of sp³-hybridized carbons (Fsp3) is 0.889.